The van der Waals surface area contributed by atoms with Crippen molar-refractivity contribution in [2.45, 2.75) is 12.5 Å². The molecule has 1 aromatic rings. The highest BCUT2D eigenvalue weighted by atomic mass is 79.9. The highest BCUT2D eigenvalue weighted by molar-refractivity contribution is 9.10. The average Bonchev–Trinajstić information content (AvgIpc) is 2.35. The van der Waals surface area contributed by atoms with Crippen LogP contribution in [-0.4, -0.2) is 32.4 Å². The molecule has 0 aromatic heterocycles. The van der Waals surface area contributed by atoms with E-state index in [1.54, 1.807) is 12.1 Å². The van der Waals surface area contributed by atoms with Gasteiger partial charge in [-0.3, -0.25) is 0 Å². The van der Waals surface area contributed by atoms with Gasteiger partial charge in [-0.2, -0.15) is 0 Å². The molecule has 3 nitrogen and oxygen atoms in total. The van der Waals surface area contributed by atoms with Gasteiger partial charge < -0.3 is 14.8 Å². The van der Waals surface area contributed by atoms with E-state index in [1.807, 2.05) is 0 Å². The van der Waals surface area contributed by atoms with Gasteiger partial charge in [0.25, 0.3) is 0 Å². The highest BCUT2D eigenvalue weighted by Crippen LogP contribution is 2.21. The first-order valence-electron chi connectivity index (χ1n) is 5.66. The van der Waals surface area contributed by atoms with Crippen molar-refractivity contribution in [3.63, 3.8) is 0 Å². The van der Waals surface area contributed by atoms with Gasteiger partial charge in [-0.25, -0.2) is 4.39 Å². The fourth-order valence-electron chi connectivity index (χ4n) is 1.68. The predicted octanol–water partition coefficient (Wildman–Crippen LogP) is 2.35. The molecule has 0 bridgehead atoms. The lowest BCUT2D eigenvalue weighted by Crippen LogP contribution is -2.39. The van der Waals surface area contributed by atoms with Crippen molar-refractivity contribution in [1.82, 2.24) is 5.32 Å². The molecule has 0 radical (unpaired) electrons. The molecular formula is C12H15BrFNO2. The summed E-state index contributed by atoms with van der Waals surface area (Å²) in [6.45, 7) is 3.05. The third-order valence-electron chi connectivity index (χ3n) is 2.60. The largest absolute Gasteiger partial charge is 0.493 e. The Kier molecular flexibility index (Phi) is 4.76. The van der Waals surface area contributed by atoms with Crippen molar-refractivity contribution >= 4 is 15.9 Å². The minimum atomic E-state index is -0.307. The van der Waals surface area contributed by atoms with E-state index in [1.165, 1.54) is 6.07 Å². The van der Waals surface area contributed by atoms with Crippen molar-refractivity contribution in [3.05, 3.63) is 28.5 Å². The molecule has 5 heteroatoms. The summed E-state index contributed by atoms with van der Waals surface area (Å²) in [5, 5.41) is 3.25. The quantitative estimate of drug-likeness (QED) is 0.926. The number of morpholine rings is 1. The van der Waals surface area contributed by atoms with Gasteiger partial charge in [-0.05, 0) is 28.1 Å². The van der Waals surface area contributed by atoms with Crippen molar-refractivity contribution in [1.29, 1.82) is 0 Å². The molecule has 1 unspecified atom stereocenters. The number of hydrogen-bond donors (Lipinski definition) is 1. The van der Waals surface area contributed by atoms with E-state index in [0.29, 0.717) is 16.8 Å². The average molecular weight is 304 g/mol. The Hall–Kier alpha value is -0.650. The molecule has 1 heterocycles. The minimum absolute atomic E-state index is 0.198. The molecule has 2 rings (SSSR count). The Labute approximate surface area is 108 Å². The molecular weight excluding hydrogens is 289 g/mol. The standard InChI is InChI=1S/C12H15BrFNO2/c13-11-2-1-9(7-12(11)14)16-5-3-10-8-15-4-6-17-10/h1-2,7,10,15H,3-6,8H2. The lowest BCUT2D eigenvalue weighted by atomic mass is 10.2. The fraction of sp³-hybridized carbons (Fsp3) is 0.500. The van der Waals surface area contributed by atoms with E-state index in [4.69, 9.17) is 9.47 Å². The maximum atomic E-state index is 13.2. The smallest absolute Gasteiger partial charge is 0.141 e. The van der Waals surface area contributed by atoms with E-state index < -0.39 is 0 Å². The van der Waals surface area contributed by atoms with Gasteiger partial charge >= 0.3 is 0 Å². The maximum absolute atomic E-state index is 13.2. The Morgan fingerprint density at radius 1 is 1.53 bits per heavy atom. The number of ether oxygens (including phenoxy) is 2. The first kappa shape index (κ1) is 12.8. The number of halogens is 2. The molecule has 1 N–H and O–H groups in total. The van der Waals surface area contributed by atoms with Crippen molar-refractivity contribution in [2.24, 2.45) is 0 Å². The second-order valence-electron chi connectivity index (χ2n) is 3.91. The third kappa shape index (κ3) is 3.94. The first-order valence-corrected chi connectivity index (χ1v) is 6.45. The van der Waals surface area contributed by atoms with E-state index in [9.17, 15) is 4.39 Å². The summed E-state index contributed by atoms with van der Waals surface area (Å²) in [4.78, 5) is 0. The molecule has 1 aromatic carbocycles. The lowest BCUT2D eigenvalue weighted by molar-refractivity contribution is 0.0159. The molecule has 0 amide bonds. The summed E-state index contributed by atoms with van der Waals surface area (Å²) >= 11 is 3.10. The molecule has 1 fully saturated rings. The Bertz CT molecular complexity index is 370. The van der Waals surface area contributed by atoms with Crippen LogP contribution in [-0.2, 0) is 4.74 Å². The van der Waals surface area contributed by atoms with Crippen LogP contribution in [0.4, 0.5) is 4.39 Å². The molecule has 17 heavy (non-hydrogen) atoms. The maximum Gasteiger partial charge on any atom is 0.141 e. The Morgan fingerprint density at radius 2 is 2.41 bits per heavy atom. The zero-order valence-corrected chi connectivity index (χ0v) is 11.0. The van der Waals surface area contributed by atoms with Gasteiger partial charge in [0.2, 0.25) is 0 Å². The first-order chi connectivity index (χ1) is 8.25. The van der Waals surface area contributed by atoms with Crippen LogP contribution in [0.3, 0.4) is 0 Å². The molecule has 94 valence electrons. The second-order valence-corrected chi connectivity index (χ2v) is 4.76. The number of nitrogens with one attached hydrogen (secondary N) is 1. The summed E-state index contributed by atoms with van der Waals surface area (Å²) < 4.78 is 24.7. The third-order valence-corrected chi connectivity index (χ3v) is 3.25. The molecule has 1 aliphatic heterocycles. The summed E-state index contributed by atoms with van der Waals surface area (Å²) in [5.74, 6) is 0.243. The van der Waals surface area contributed by atoms with E-state index in [0.717, 1.165) is 26.1 Å². The van der Waals surface area contributed by atoms with E-state index in [-0.39, 0.29) is 11.9 Å². The van der Waals surface area contributed by atoms with Crippen LogP contribution in [0.25, 0.3) is 0 Å². The minimum Gasteiger partial charge on any atom is -0.493 e. The molecule has 0 spiro atoms. The number of rotatable bonds is 4. The normalized spacial score (nSPS) is 20.2. The van der Waals surface area contributed by atoms with E-state index in [2.05, 4.69) is 21.2 Å². The molecule has 1 aliphatic rings. The summed E-state index contributed by atoms with van der Waals surface area (Å²) in [7, 11) is 0. The molecule has 0 saturated carbocycles. The van der Waals surface area contributed by atoms with Crippen molar-refractivity contribution in [2.75, 3.05) is 26.3 Å². The summed E-state index contributed by atoms with van der Waals surface area (Å²) in [5.41, 5.74) is 0. The summed E-state index contributed by atoms with van der Waals surface area (Å²) in [6.07, 6.45) is 1.01. The van der Waals surface area contributed by atoms with Gasteiger partial charge in [0.1, 0.15) is 11.6 Å². The van der Waals surface area contributed by atoms with Crippen molar-refractivity contribution in [3.8, 4) is 5.75 Å². The van der Waals surface area contributed by atoms with Crippen molar-refractivity contribution < 1.29 is 13.9 Å². The van der Waals surface area contributed by atoms with Crippen LogP contribution in [0.5, 0.6) is 5.75 Å². The van der Waals surface area contributed by atoms with Crippen LogP contribution >= 0.6 is 15.9 Å². The van der Waals surface area contributed by atoms with Crippen LogP contribution in [0.2, 0.25) is 0 Å². The monoisotopic (exact) mass is 303 g/mol. The SMILES string of the molecule is Fc1cc(OCCC2CNCCO2)ccc1Br. The molecule has 1 saturated heterocycles. The predicted molar refractivity (Wildman–Crippen MR) is 66.8 cm³/mol. The van der Waals surface area contributed by atoms with Crippen LogP contribution < -0.4 is 10.1 Å². The van der Waals surface area contributed by atoms with Gasteiger partial charge in [-0.1, -0.05) is 0 Å². The second kappa shape index (κ2) is 6.33. The zero-order chi connectivity index (χ0) is 12.1. The number of hydrogen-bond acceptors (Lipinski definition) is 3. The Balaban J connectivity index is 1.75. The van der Waals surface area contributed by atoms with Gasteiger partial charge in [0, 0.05) is 25.6 Å². The van der Waals surface area contributed by atoms with Crippen LogP contribution in [0.1, 0.15) is 6.42 Å². The highest BCUT2D eigenvalue weighted by Gasteiger charge is 2.13. The summed E-state index contributed by atoms with van der Waals surface area (Å²) in [6, 6.07) is 4.76. The van der Waals surface area contributed by atoms with Crippen LogP contribution in [0, 0.1) is 5.82 Å². The van der Waals surface area contributed by atoms with Gasteiger partial charge in [-0.15, -0.1) is 0 Å². The zero-order valence-electron chi connectivity index (χ0n) is 9.42. The topological polar surface area (TPSA) is 30.5 Å². The van der Waals surface area contributed by atoms with Crippen LogP contribution in [0.15, 0.2) is 22.7 Å². The molecule has 1 atom stereocenters. The Morgan fingerprint density at radius 3 is 3.12 bits per heavy atom. The van der Waals surface area contributed by atoms with Gasteiger partial charge in [0.05, 0.1) is 23.8 Å². The lowest BCUT2D eigenvalue weighted by Gasteiger charge is -2.23. The number of benzene rings is 1. The van der Waals surface area contributed by atoms with E-state index >= 15 is 0 Å². The van der Waals surface area contributed by atoms with Gasteiger partial charge in [0.15, 0.2) is 0 Å². The fourth-order valence-corrected chi connectivity index (χ4v) is 1.93. The molecule has 0 aliphatic carbocycles.